The lowest BCUT2D eigenvalue weighted by atomic mass is 10.2. The van der Waals surface area contributed by atoms with Gasteiger partial charge >= 0.3 is 0 Å². The number of nitro groups is 1. The SMILES string of the molecule is Cc1ccc(OCc2cccc([N+](=O)[O-])c2)c(CO)n1. The molecule has 0 fully saturated rings. The van der Waals surface area contributed by atoms with Crippen molar-refractivity contribution in [3.8, 4) is 5.75 Å². The minimum atomic E-state index is -0.448. The fourth-order valence-corrected chi connectivity index (χ4v) is 1.76. The van der Waals surface area contributed by atoms with Crippen LogP contribution in [0.2, 0.25) is 0 Å². The Morgan fingerprint density at radius 3 is 2.85 bits per heavy atom. The van der Waals surface area contributed by atoms with Crippen LogP contribution in [0.4, 0.5) is 5.69 Å². The lowest BCUT2D eigenvalue weighted by molar-refractivity contribution is -0.384. The maximum absolute atomic E-state index is 10.7. The van der Waals surface area contributed by atoms with Crippen LogP contribution in [0.25, 0.3) is 0 Å². The number of ether oxygens (including phenoxy) is 1. The first-order chi connectivity index (χ1) is 9.60. The topological polar surface area (TPSA) is 85.5 Å². The molecule has 0 unspecified atom stereocenters. The number of hydrogen-bond donors (Lipinski definition) is 1. The molecule has 0 aliphatic carbocycles. The number of aromatic nitrogens is 1. The molecule has 0 saturated heterocycles. The van der Waals surface area contributed by atoms with Gasteiger partial charge in [0.15, 0.2) is 0 Å². The molecule has 0 aliphatic heterocycles. The number of aliphatic hydroxyl groups excluding tert-OH is 1. The van der Waals surface area contributed by atoms with E-state index in [1.807, 2.05) is 6.92 Å². The number of nitrogens with zero attached hydrogens (tertiary/aromatic N) is 2. The second-order valence-electron chi connectivity index (χ2n) is 4.27. The Morgan fingerprint density at radius 1 is 1.35 bits per heavy atom. The van der Waals surface area contributed by atoms with Gasteiger partial charge in [0.25, 0.3) is 5.69 Å². The maximum atomic E-state index is 10.7. The van der Waals surface area contributed by atoms with Gasteiger partial charge in [0.2, 0.25) is 0 Å². The molecule has 0 bridgehead atoms. The van der Waals surface area contributed by atoms with E-state index in [0.717, 1.165) is 5.69 Å². The Morgan fingerprint density at radius 2 is 2.15 bits per heavy atom. The molecule has 0 amide bonds. The highest BCUT2D eigenvalue weighted by Crippen LogP contribution is 2.20. The average Bonchev–Trinajstić information content (AvgIpc) is 2.46. The van der Waals surface area contributed by atoms with Crippen molar-refractivity contribution in [1.29, 1.82) is 0 Å². The third-order valence-corrected chi connectivity index (χ3v) is 2.74. The zero-order valence-electron chi connectivity index (χ0n) is 10.9. The Hall–Kier alpha value is -2.47. The van der Waals surface area contributed by atoms with Gasteiger partial charge in [-0.2, -0.15) is 0 Å². The highest BCUT2D eigenvalue weighted by atomic mass is 16.6. The van der Waals surface area contributed by atoms with Crippen molar-refractivity contribution in [3.63, 3.8) is 0 Å². The molecule has 6 nitrogen and oxygen atoms in total. The first-order valence-electron chi connectivity index (χ1n) is 6.03. The average molecular weight is 274 g/mol. The smallest absolute Gasteiger partial charge is 0.269 e. The third-order valence-electron chi connectivity index (χ3n) is 2.74. The normalized spacial score (nSPS) is 10.3. The lowest BCUT2D eigenvalue weighted by Crippen LogP contribution is -2.02. The van der Waals surface area contributed by atoms with Crippen molar-refractivity contribution in [2.75, 3.05) is 0 Å². The summed E-state index contributed by atoms with van der Waals surface area (Å²) in [5.74, 6) is 0.476. The summed E-state index contributed by atoms with van der Waals surface area (Å²) < 4.78 is 5.56. The second-order valence-corrected chi connectivity index (χ2v) is 4.27. The molecule has 20 heavy (non-hydrogen) atoms. The summed E-state index contributed by atoms with van der Waals surface area (Å²) in [5, 5.41) is 19.9. The molecule has 0 aliphatic rings. The summed E-state index contributed by atoms with van der Waals surface area (Å²) >= 11 is 0. The van der Waals surface area contributed by atoms with Crippen LogP contribution >= 0.6 is 0 Å². The van der Waals surface area contributed by atoms with Gasteiger partial charge in [-0.05, 0) is 24.6 Å². The molecule has 2 rings (SSSR count). The van der Waals surface area contributed by atoms with Crippen molar-refractivity contribution in [3.05, 3.63) is 63.5 Å². The summed E-state index contributed by atoms with van der Waals surface area (Å²) in [4.78, 5) is 14.4. The van der Waals surface area contributed by atoms with Crippen molar-refractivity contribution in [2.24, 2.45) is 0 Å². The van der Waals surface area contributed by atoms with Crippen LogP contribution in [0, 0.1) is 17.0 Å². The lowest BCUT2D eigenvalue weighted by Gasteiger charge is -2.10. The first-order valence-corrected chi connectivity index (χ1v) is 6.03. The monoisotopic (exact) mass is 274 g/mol. The van der Waals surface area contributed by atoms with Crippen molar-refractivity contribution < 1.29 is 14.8 Å². The number of hydrogen-bond acceptors (Lipinski definition) is 5. The summed E-state index contributed by atoms with van der Waals surface area (Å²) in [6.07, 6.45) is 0. The van der Waals surface area contributed by atoms with Gasteiger partial charge in [0, 0.05) is 17.8 Å². The Balaban J connectivity index is 2.12. The molecule has 2 aromatic rings. The minimum absolute atomic E-state index is 0.0236. The molecule has 0 spiro atoms. The van der Waals surface area contributed by atoms with Gasteiger partial charge in [-0.3, -0.25) is 15.1 Å². The molecule has 1 aromatic heterocycles. The molecule has 6 heteroatoms. The highest BCUT2D eigenvalue weighted by Gasteiger charge is 2.08. The summed E-state index contributed by atoms with van der Waals surface area (Å²) in [6, 6.07) is 9.74. The van der Waals surface area contributed by atoms with Crippen molar-refractivity contribution in [2.45, 2.75) is 20.1 Å². The first kappa shape index (κ1) is 14.0. The molecular formula is C14H14N2O4. The van der Waals surface area contributed by atoms with Gasteiger partial charge in [0.1, 0.15) is 18.1 Å². The predicted molar refractivity (Wildman–Crippen MR) is 72.3 cm³/mol. The van der Waals surface area contributed by atoms with E-state index in [1.165, 1.54) is 12.1 Å². The van der Waals surface area contributed by atoms with Crippen LogP contribution in [-0.4, -0.2) is 15.0 Å². The van der Waals surface area contributed by atoms with Crippen molar-refractivity contribution in [1.82, 2.24) is 4.98 Å². The van der Waals surface area contributed by atoms with E-state index in [1.54, 1.807) is 24.3 Å². The van der Waals surface area contributed by atoms with E-state index in [2.05, 4.69) is 4.98 Å². The van der Waals surface area contributed by atoms with Gasteiger partial charge in [-0.15, -0.1) is 0 Å². The number of benzene rings is 1. The van der Waals surface area contributed by atoms with Crippen LogP contribution in [-0.2, 0) is 13.2 Å². The van der Waals surface area contributed by atoms with Crippen LogP contribution in [0.5, 0.6) is 5.75 Å². The van der Waals surface area contributed by atoms with Gasteiger partial charge in [-0.25, -0.2) is 0 Å². The van der Waals surface area contributed by atoms with Crippen molar-refractivity contribution >= 4 is 5.69 Å². The third kappa shape index (κ3) is 3.30. The fourth-order valence-electron chi connectivity index (χ4n) is 1.76. The van der Waals surface area contributed by atoms with E-state index in [0.29, 0.717) is 17.0 Å². The number of aryl methyl sites for hydroxylation is 1. The van der Waals surface area contributed by atoms with E-state index >= 15 is 0 Å². The molecule has 104 valence electrons. The van der Waals surface area contributed by atoms with E-state index in [4.69, 9.17) is 4.74 Å². The number of non-ortho nitro benzene ring substituents is 1. The molecular weight excluding hydrogens is 260 g/mol. The van der Waals surface area contributed by atoms with Gasteiger partial charge in [-0.1, -0.05) is 12.1 Å². The molecule has 1 aromatic carbocycles. The Bertz CT molecular complexity index is 628. The highest BCUT2D eigenvalue weighted by molar-refractivity contribution is 5.35. The van der Waals surface area contributed by atoms with Gasteiger partial charge in [0.05, 0.1) is 11.5 Å². The second kappa shape index (κ2) is 6.12. The number of pyridine rings is 1. The number of nitro benzene ring substituents is 1. The molecule has 0 radical (unpaired) electrons. The zero-order chi connectivity index (χ0) is 14.5. The predicted octanol–water partition coefficient (Wildman–Crippen LogP) is 2.37. The fraction of sp³-hybridized carbons (Fsp3) is 0.214. The van der Waals surface area contributed by atoms with E-state index < -0.39 is 4.92 Å². The molecule has 0 atom stereocenters. The van der Waals surface area contributed by atoms with Crippen LogP contribution in [0.1, 0.15) is 17.0 Å². The van der Waals surface area contributed by atoms with Gasteiger partial charge < -0.3 is 9.84 Å². The Kier molecular flexibility index (Phi) is 4.27. The number of aliphatic hydroxyl groups is 1. The van der Waals surface area contributed by atoms with E-state index in [9.17, 15) is 15.2 Å². The Labute approximate surface area is 115 Å². The summed E-state index contributed by atoms with van der Waals surface area (Å²) in [6.45, 7) is 1.79. The van der Waals surface area contributed by atoms with Crippen LogP contribution in [0.3, 0.4) is 0 Å². The quantitative estimate of drug-likeness (QED) is 0.668. The van der Waals surface area contributed by atoms with E-state index in [-0.39, 0.29) is 18.9 Å². The summed E-state index contributed by atoms with van der Waals surface area (Å²) in [5.41, 5.74) is 1.95. The standard InChI is InChI=1S/C14H14N2O4/c1-10-5-6-14(13(8-17)15-10)20-9-11-3-2-4-12(7-11)16(18)19/h2-7,17H,8-9H2,1H3. The number of rotatable bonds is 5. The minimum Gasteiger partial charge on any atom is -0.487 e. The largest absolute Gasteiger partial charge is 0.487 e. The summed E-state index contributed by atoms with van der Waals surface area (Å²) in [7, 11) is 0. The maximum Gasteiger partial charge on any atom is 0.269 e. The zero-order valence-corrected chi connectivity index (χ0v) is 10.9. The van der Waals surface area contributed by atoms with Crippen LogP contribution in [0.15, 0.2) is 36.4 Å². The van der Waals surface area contributed by atoms with Crippen LogP contribution < -0.4 is 4.74 Å². The molecule has 1 heterocycles. The molecule has 1 N–H and O–H groups in total. The molecule has 0 saturated carbocycles.